The number of hydrogen-bond acceptors (Lipinski definition) is 6. The fraction of sp³-hybridized carbons (Fsp3) is 0.636. The van der Waals surface area contributed by atoms with Crippen LogP contribution < -0.4 is 10.2 Å². The van der Waals surface area contributed by atoms with Gasteiger partial charge in [0.2, 0.25) is 11.9 Å². The maximum Gasteiger partial charge on any atom is 0.326 e. The number of carboxylic acid groups (broad SMARTS) is 1. The van der Waals surface area contributed by atoms with E-state index in [1.807, 2.05) is 27.9 Å². The van der Waals surface area contributed by atoms with Gasteiger partial charge < -0.3 is 15.3 Å². The first kappa shape index (κ1) is 14.1. The number of rotatable bonds is 5. The normalized spacial score (nSPS) is 12.3. The summed E-state index contributed by atoms with van der Waals surface area (Å²) in [6.45, 7) is 5.39. The van der Waals surface area contributed by atoms with Gasteiger partial charge in [-0.1, -0.05) is 13.8 Å². The van der Waals surface area contributed by atoms with Gasteiger partial charge in [0.15, 0.2) is 0 Å². The van der Waals surface area contributed by atoms with Crippen molar-refractivity contribution in [2.24, 2.45) is 5.92 Å². The molecular formula is C11H19N5O2. The molecule has 1 aromatic rings. The molecule has 0 aliphatic carbocycles. The first-order valence-corrected chi connectivity index (χ1v) is 5.70. The molecule has 1 atom stereocenters. The van der Waals surface area contributed by atoms with Crippen LogP contribution in [0, 0.1) is 12.8 Å². The minimum atomic E-state index is -0.922. The molecule has 0 aliphatic heterocycles. The summed E-state index contributed by atoms with van der Waals surface area (Å²) in [6, 6.07) is -0.721. The van der Waals surface area contributed by atoms with Crippen molar-refractivity contribution in [2.45, 2.75) is 26.8 Å². The standard InChI is InChI=1S/C11H19N5O2/c1-6(2)8(9(17)18)14-10-12-7(3)13-11(15-10)16(4)5/h6,8H,1-5H3,(H,17,18)(H,12,13,14,15)/t8-/m0/s1. The van der Waals surface area contributed by atoms with E-state index in [4.69, 9.17) is 5.11 Å². The van der Waals surface area contributed by atoms with Crippen molar-refractivity contribution in [3.63, 3.8) is 0 Å². The van der Waals surface area contributed by atoms with Crippen molar-refractivity contribution in [1.29, 1.82) is 0 Å². The van der Waals surface area contributed by atoms with Crippen LogP contribution in [-0.4, -0.2) is 46.2 Å². The number of carboxylic acids is 1. The zero-order valence-electron chi connectivity index (χ0n) is 11.3. The van der Waals surface area contributed by atoms with Crippen LogP contribution in [-0.2, 0) is 4.79 Å². The summed E-state index contributed by atoms with van der Waals surface area (Å²) in [6.07, 6.45) is 0. The van der Waals surface area contributed by atoms with E-state index in [9.17, 15) is 4.79 Å². The van der Waals surface area contributed by atoms with Gasteiger partial charge in [0.05, 0.1) is 0 Å². The highest BCUT2D eigenvalue weighted by Gasteiger charge is 2.22. The molecule has 7 heteroatoms. The second-order valence-electron chi connectivity index (χ2n) is 4.60. The number of nitrogens with one attached hydrogen (secondary N) is 1. The van der Waals surface area contributed by atoms with Crippen LogP contribution in [0.5, 0.6) is 0 Å². The third-order valence-electron chi connectivity index (χ3n) is 2.35. The second-order valence-corrected chi connectivity index (χ2v) is 4.60. The Labute approximate surface area is 106 Å². The van der Waals surface area contributed by atoms with Crippen molar-refractivity contribution in [3.8, 4) is 0 Å². The fourth-order valence-electron chi connectivity index (χ4n) is 1.38. The third-order valence-corrected chi connectivity index (χ3v) is 2.35. The highest BCUT2D eigenvalue weighted by Crippen LogP contribution is 2.12. The Morgan fingerprint density at radius 1 is 1.28 bits per heavy atom. The molecule has 1 aromatic heterocycles. The van der Waals surface area contributed by atoms with E-state index >= 15 is 0 Å². The predicted molar refractivity (Wildman–Crippen MR) is 68.8 cm³/mol. The van der Waals surface area contributed by atoms with Crippen molar-refractivity contribution < 1.29 is 9.90 Å². The van der Waals surface area contributed by atoms with Gasteiger partial charge in [0.25, 0.3) is 0 Å². The second kappa shape index (κ2) is 5.61. The Morgan fingerprint density at radius 3 is 2.33 bits per heavy atom. The molecular weight excluding hydrogens is 234 g/mol. The molecule has 18 heavy (non-hydrogen) atoms. The van der Waals surface area contributed by atoms with E-state index in [1.165, 1.54) is 0 Å². The third kappa shape index (κ3) is 3.54. The lowest BCUT2D eigenvalue weighted by Gasteiger charge is -2.19. The lowest BCUT2D eigenvalue weighted by atomic mass is 10.1. The Morgan fingerprint density at radius 2 is 1.89 bits per heavy atom. The smallest absolute Gasteiger partial charge is 0.326 e. The van der Waals surface area contributed by atoms with E-state index in [-0.39, 0.29) is 11.9 Å². The summed E-state index contributed by atoms with van der Waals surface area (Å²) in [7, 11) is 3.63. The van der Waals surface area contributed by atoms with E-state index in [0.717, 1.165) is 0 Å². The molecule has 1 heterocycles. The molecule has 2 N–H and O–H groups in total. The van der Waals surface area contributed by atoms with Gasteiger partial charge in [-0.25, -0.2) is 4.79 Å². The number of aryl methyl sites for hydroxylation is 1. The monoisotopic (exact) mass is 253 g/mol. The molecule has 0 bridgehead atoms. The Bertz CT molecular complexity index is 433. The molecule has 0 spiro atoms. The molecule has 0 saturated carbocycles. The quantitative estimate of drug-likeness (QED) is 0.800. The molecule has 0 unspecified atom stereocenters. The first-order valence-electron chi connectivity index (χ1n) is 5.70. The van der Waals surface area contributed by atoms with Crippen molar-refractivity contribution >= 4 is 17.9 Å². The molecule has 0 fully saturated rings. The van der Waals surface area contributed by atoms with Crippen LogP contribution in [0.4, 0.5) is 11.9 Å². The van der Waals surface area contributed by atoms with Crippen molar-refractivity contribution in [3.05, 3.63) is 5.82 Å². The highest BCUT2D eigenvalue weighted by atomic mass is 16.4. The topological polar surface area (TPSA) is 91.2 Å². The van der Waals surface area contributed by atoms with Crippen LogP contribution in [0.3, 0.4) is 0 Å². The lowest BCUT2D eigenvalue weighted by molar-refractivity contribution is -0.138. The lowest BCUT2D eigenvalue weighted by Crippen LogP contribution is -2.35. The molecule has 7 nitrogen and oxygen atoms in total. The summed E-state index contributed by atoms with van der Waals surface area (Å²) in [5, 5.41) is 11.9. The van der Waals surface area contributed by atoms with E-state index < -0.39 is 12.0 Å². The molecule has 0 aromatic carbocycles. The molecule has 0 radical (unpaired) electrons. The summed E-state index contributed by atoms with van der Waals surface area (Å²) in [4.78, 5) is 25.3. The maximum absolute atomic E-state index is 11.1. The van der Waals surface area contributed by atoms with Gasteiger partial charge in [-0.05, 0) is 12.8 Å². The van der Waals surface area contributed by atoms with Gasteiger partial charge in [-0.15, -0.1) is 0 Å². The van der Waals surface area contributed by atoms with Crippen molar-refractivity contribution in [2.75, 3.05) is 24.3 Å². The predicted octanol–water partition coefficient (Wildman–Crippen LogP) is 0.767. The average molecular weight is 253 g/mol. The van der Waals surface area contributed by atoms with Crippen LogP contribution in [0.2, 0.25) is 0 Å². The van der Waals surface area contributed by atoms with Crippen LogP contribution in [0.15, 0.2) is 0 Å². The summed E-state index contributed by atoms with van der Waals surface area (Å²) in [5.74, 6) is 0.339. The Balaban J connectivity index is 2.99. The van der Waals surface area contributed by atoms with Gasteiger partial charge in [0, 0.05) is 14.1 Å². The van der Waals surface area contributed by atoms with Crippen LogP contribution >= 0.6 is 0 Å². The fourth-order valence-corrected chi connectivity index (χ4v) is 1.38. The number of anilines is 2. The zero-order chi connectivity index (χ0) is 13.9. The van der Waals surface area contributed by atoms with Gasteiger partial charge in [0.1, 0.15) is 11.9 Å². The van der Waals surface area contributed by atoms with Gasteiger partial charge in [-0.2, -0.15) is 15.0 Å². The number of carbonyl (C=O) groups is 1. The van der Waals surface area contributed by atoms with E-state index in [2.05, 4.69) is 20.3 Å². The molecule has 0 amide bonds. The van der Waals surface area contributed by atoms with Crippen LogP contribution in [0.1, 0.15) is 19.7 Å². The van der Waals surface area contributed by atoms with E-state index in [1.54, 1.807) is 11.8 Å². The van der Waals surface area contributed by atoms with Crippen molar-refractivity contribution in [1.82, 2.24) is 15.0 Å². The summed E-state index contributed by atoms with van der Waals surface area (Å²) < 4.78 is 0. The molecule has 0 aliphatic rings. The van der Waals surface area contributed by atoms with Gasteiger partial charge in [-0.3, -0.25) is 0 Å². The Kier molecular flexibility index (Phi) is 4.41. The SMILES string of the molecule is Cc1nc(N[C@H](C(=O)O)C(C)C)nc(N(C)C)n1. The number of aliphatic carboxylic acids is 1. The van der Waals surface area contributed by atoms with E-state index in [0.29, 0.717) is 11.8 Å². The number of nitrogens with zero attached hydrogens (tertiary/aromatic N) is 4. The number of aromatic nitrogens is 3. The Hall–Kier alpha value is -1.92. The zero-order valence-corrected chi connectivity index (χ0v) is 11.3. The molecule has 100 valence electrons. The molecule has 1 rings (SSSR count). The summed E-state index contributed by atoms with van der Waals surface area (Å²) >= 11 is 0. The maximum atomic E-state index is 11.1. The minimum absolute atomic E-state index is 0.0672. The number of hydrogen-bond donors (Lipinski definition) is 2. The minimum Gasteiger partial charge on any atom is -0.480 e. The largest absolute Gasteiger partial charge is 0.480 e. The van der Waals surface area contributed by atoms with Gasteiger partial charge >= 0.3 is 5.97 Å². The molecule has 0 saturated heterocycles. The summed E-state index contributed by atoms with van der Waals surface area (Å²) in [5.41, 5.74) is 0. The average Bonchev–Trinajstić information content (AvgIpc) is 2.24. The first-order chi connectivity index (χ1) is 8.31. The van der Waals surface area contributed by atoms with Crippen LogP contribution in [0.25, 0.3) is 0 Å². The highest BCUT2D eigenvalue weighted by molar-refractivity contribution is 5.76.